The monoisotopic (exact) mass is 476 g/mol. The van der Waals surface area contributed by atoms with E-state index < -0.39 is 17.6 Å². The van der Waals surface area contributed by atoms with E-state index in [2.05, 4.69) is 41.8 Å². The van der Waals surface area contributed by atoms with Gasteiger partial charge in [-0.15, -0.1) is 0 Å². The summed E-state index contributed by atoms with van der Waals surface area (Å²) < 4.78 is 5.71. The average molecular weight is 477 g/mol. The fraction of sp³-hybridized carbons (Fsp3) is 0.393. The van der Waals surface area contributed by atoms with E-state index >= 15 is 0 Å². The molecule has 1 fully saturated rings. The maximum absolute atomic E-state index is 13.2. The van der Waals surface area contributed by atoms with E-state index in [4.69, 9.17) is 9.84 Å². The molecule has 0 aliphatic heterocycles. The van der Waals surface area contributed by atoms with Crippen molar-refractivity contribution >= 4 is 18.0 Å². The van der Waals surface area contributed by atoms with Crippen molar-refractivity contribution in [3.8, 4) is 11.1 Å². The number of carbonyl (C=O) groups is 3. The van der Waals surface area contributed by atoms with Gasteiger partial charge in [0.15, 0.2) is 0 Å². The van der Waals surface area contributed by atoms with Crippen LogP contribution in [0.5, 0.6) is 0 Å². The van der Waals surface area contributed by atoms with Crippen molar-refractivity contribution in [2.75, 3.05) is 13.2 Å². The van der Waals surface area contributed by atoms with Crippen LogP contribution in [0.15, 0.2) is 60.2 Å². The lowest BCUT2D eigenvalue weighted by Crippen LogP contribution is -2.60. The first-order valence-corrected chi connectivity index (χ1v) is 12.1. The predicted molar refractivity (Wildman–Crippen MR) is 133 cm³/mol. The molecule has 0 bridgehead atoms. The molecule has 0 spiro atoms. The second-order valence-corrected chi connectivity index (χ2v) is 9.64. The van der Waals surface area contributed by atoms with Crippen LogP contribution in [0.2, 0.25) is 0 Å². The summed E-state index contributed by atoms with van der Waals surface area (Å²) >= 11 is 0. The van der Waals surface area contributed by atoms with Crippen LogP contribution in [0.25, 0.3) is 11.1 Å². The minimum atomic E-state index is -1.08. The number of rotatable bonds is 7. The number of hydrogen-bond donors (Lipinski definition) is 3. The van der Waals surface area contributed by atoms with Crippen LogP contribution in [0.4, 0.5) is 4.79 Å². The van der Waals surface area contributed by atoms with Crippen molar-refractivity contribution in [2.24, 2.45) is 5.92 Å². The molecular formula is C28H32N2O5. The number of carboxylic acids is 1. The van der Waals surface area contributed by atoms with Gasteiger partial charge in [0.1, 0.15) is 12.1 Å². The van der Waals surface area contributed by atoms with E-state index in [1.165, 1.54) is 13.0 Å². The Morgan fingerprint density at radius 2 is 1.71 bits per heavy atom. The molecule has 2 aliphatic carbocycles. The lowest BCUT2D eigenvalue weighted by molar-refractivity contribution is -0.132. The maximum atomic E-state index is 13.2. The number of alkyl carbamates (subject to hydrolysis) is 1. The minimum absolute atomic E-state index is 0.0627. The molecule has 0 heterocycles. The van der Waals surface area contributed by atoms with Gasteiger partial charge in [0, 0.05) is 18.0 Å². The van der Waals surface area contributed by atoms with Gasteiger partial charge in [-0.1, -0.05) is 74.4 Å². The van der Waals surface area contributed by atoms with Crippen LogP contribution in [0, 0.1) is 5.92 Å². The number of nitrogens with one attached hydrogen (secondary N) is 2. The van der Waals surface area contributed by atoms with E-state index in [-0.39, 0.29) is 36.5 Å². The quantitative estimate of drug-likeness (QED) is 0.506. The molecule has 2 aromatic rings. The lowest BCUT2D eigenvalue weighted by atomic mass is 9.75. The van der Waals surface area contributed by atoms with Gasteiger partial charge in [-0.3, -0.25) is 4.79 Å². The summed E-state index contributed by atoms with van der Waals surface area (Å²) in [5, 5.41) is 14.7. The lowest BCUT2D eigenvalue weighted by Gasteiger charge is -2.38. The Morgan fingerprint density at radius 3 is 2.31 bits per heavy atom. The van der Waals surface area contributed by atoms with Gasteiger partial charge in [0.05, 0.1) is 0 Å². The van der Waals surface area contributed by atoms with Gasteiger partial charge in [0.25, 0.3) is 0 Å². The fourth-order valence-electron chi connectivity index (χ4n) is 5.31. The molecule has 35 heavy (non-hydrogen) atoms. The molecule has 3 N–H and O–H groups in total. The number of amides is 2. The smallest absolute Gasteiger partial charge is 0.408 e. The topological polar surface area (TPSA) is 105 Å². The highest BCUT2D eigenvalue weighted by Crippen LogP contribution is 2.44. The van der Waals surface area contributed by atoms with Crippen LogP contribution < -0.4 is 10.6 Å². The normalized spacial score (nSPS) is 21.5. The zero-order valence-corrected chi connectivity index (χ0v) is 20.2. The first kappa shape index (κ1) is 24.5. The Morgan fingerprint density at radius 1 is 1.09 bits per heavy atom. The van der Waals surface area contributed by atoms with Crippen molar-refractivity contribution in [1.82, 2.24) is 10.6 Å². The molecule has 4 rings (SSSR count). The molecule has 0 radical (unpaired) electrons. The molecule has 0 saturated heterocycles. The molecule has 7 heteroatoms. The highest BCUT2D eigenvalue weighted by atomic mass is 16.5. The molecule has 2 aromatic carbocycles. The van der Waals surface area contributed by atoms with E-state index in [0.717, 1.165) is 35.1 Å². The van der Waals surface area contributed by atoms with E-state index in [1.807, 2.05) is 24.3 Å². The molecular weight excluding hydrogens is 444 g/mol. The first-order valence-electron chi connectivity index (χ1n) is 12.1. The molecule has 2 amide bonds. The highest BCUT2D eigenvalue weighted by Gasteiger charge is 2.43. The summed E-state index contributed by atoms with van der Waals surface area (Å²) in [5.74, 6) is -1.14. The largest absolute Gasteiger partial charge is 0.478 e. The van der Waals surface area contributed by atoms with Crippen molar-refractivity contribution in [3.05, 3.63) is 71.3 Å². The third-order valence-electron chi connectivity index (χ3n) is 7.13. The van der Waals surface area contributed by atoms with E-state index in [1.54, 1.807) is 0 Å². The molecule has 2 unspecified atom stereocenters. The number of carboxylic acid groups (broad SMARTS) is 1. The minimum Gasteiger partial charge on any atom is -0.478 e. The number of carbonyl (C=O) groups excluding carboxylic acids is 2. The predicted octanol–water partition coefficient (Wildman–Crippen LogP) is 4.62. The summed E-state index contributed by atoms with van der Waals surface area (Å²) in [7, 11) is 0. The number of fused-ring (bicyclic) bond motifs is 3. The van der Waals surface area contributed by atoms with E-state index in [9.17, 15) is 14.4 Å². The van der Waals surface area contributed by atoms with Gasteiger partial charge in [-0.25, -0.2) is 9.59 Å². The fourth-order valence-corrected chi connectivity index (χ4v) is 5.31. The van der Waals surface area contributed by atoms with Crippen LogP contribution >= 0.6 is 0 Å². The summed E-state index contributed by atoms with van der Waals surface area (Å²) in [6, 6.07) is 16.3. The van der Waals surface area contributed by atoms with E-state index in [0.29, 0.717) is 12.8 Å². The van der Waals surface area contributed by atoms with Crippen LogP contribution in [-0.4, -0.2) is 41.8 Å². The summed E-state index contributed by atoms with van der Waals surface area (Å²) in [5.41, 5.74) is 3.63. The SMILES string of the molecule is C/C(=C\CNC(=O)C1(NC(=O)OCC2c3ccccc3-c3ccccc32)CCCC(C)C1)C(=O)O. The van der Waals surface area contributed by atoms with Gasteiger partial charge < -0.3 is 20.5 Å². The Hall–Kier alpha value is -3.61. The molecule has 184 valence electrons. The molecule has 1 saturated carbocycles. The van der Waals surface area contributed by atoms with Gasteiger partial charge in [0.2, 0.25) is 5.91 Å². The Balaban J connectivity index is 1.45. The summed E-state index contributed by atoms with van der Waals surface area (Å²) in [6.07, 6.45) is 3.64. The van der Waals surface area contributed by atoms with Gasteiger partial charge >= 0.3 is 12.1 Å². The molecule has 2 aliphatic rings. The van der Waals surface area contributed by atoms with Crippen LogP contribution in [-0.2, 0) is 14.3 Å². The van der Waals surface area contributed by atoms with Gasteiger partial charge in [-0.2, -0.15) is 0 Å². The van der Waals surface area contributed by atoms with Crippen molar-refractivity contribution in [2.45, 2.75) is 51.0 Å². The number of hydrogen-bond acceptors (Lipinski definition) is 4. The number of ether oxygens (including phenoxy) is 1. The van der Waals surface area contributed by atoms with Crippen LogP contribution in [0.3, 0.4) is 0 Å². The third kappa shape index (κ3) is 5.24. The van der Waals surface area contributed by atoms with Crippen molar-refractivity contribution in [1.29, 1.82) is 0 Å². The summed E-state index contributed by atoms with van der Waals surface area (Å²) in [4.78, 5) is 37.2. The highest BCUT2D eigenvalue weighted by molar-refractivity contribution is 5.90. The summed E-state index contributed by atoms with van der Waals surface area (Å²) in [6.45, 7) is 3.80. The second-order valence-electron chi connectivity index (χ2n) is 9.64. The maximum Gasteiger partial charge on any atom is 0.408 e. The number of aliphatic carboxylic acids is 1. The Labute approximate surface area is 205 Å². The standard InChI is InChI=1S/C28H32N2O5/c1-18-8-7-14-28(16-18,26(33)29-15-13-19(2)25(31)32)30-27(34)35-17-24-22-11-5-3-9-20(22)21-10-4-6-12-23(21)24/h3-6,9-13,18,24H,7-8,14-17H2,1-2H3,(H,29,33)(H,30,34)(H,31,32)/b19-13+. The molecule has 2 atom stereocenters. The zero-order chi connectivity index (χ0) is 25.0. The van der Waals surface area contributed by atoms with Crippen molar-refractivity contribution in [3.63, 3.8) is 0 Å². The first-order chi connectivity index (χ1) is 16.8. The van der Waals surface area contributed by atoms with Gasteiger partial charge in [-0.05, 0) is 47.9 Å². The third-order valence-corrected chi connectivity index (χ3v) is 7.13. The molecule has 0 aromatic heterocycles. The Kier molecular flexibility index (Phi) is 7.24. The van der Waals surface area contributed by atoms with Crippen molar-refractivity contribution < 1.29 is 24.2 Å². The molecule has 7 nitrogen and oxygen atoms in total. The second kappa shape index (κ2) is 10.3. The van der Waals surface area contributed by atoms with Crippen LogP contribution in [0.1, 0.15) is 56.6 Å². The average Bonchev–Trinajstić information content (AvgIpc) is 3.16. The number of benzene rings is 2. The Bertz CT molecular complexity index is 1110. The zero-order valence-electron chi connectivity index (χ0n) is 20.2.